The lowest BCUT2D eigenvalue weighted by Gasteiger charge is -2.19. The SMILES string of the molecule is OCCN(Cc1csc(-c2ccco2)n1)C1CC1. The fraction of sp³-hybridized carbons (Fsp3) is 0.462. The average molecular weight is 264 g/mol. The number of hydrogen-bond donors (Lipinski definition) is 1. The van der Waals surface area contributed by atoms with Crippen LogP contribution in [0.2, 0.25) is 0 Å². The van der Waals surface area contributed by atoms with Gasteiger partial charge < -0.3 is 9.52 Å². The van der Waals surface area contributed by atoms with Gasteiger partial charge in [-0.25, -0.2) is 4.98 Å². The molecule has 2 aromatic heterocycles. The van der Waals surface area contributed by atoms with Crippen molar-refractivity contribution in [2.45, 2.75) is 25.4 Å². The van der Waals surface area contributed by atoms with Crippen LogP contribution in [0.3, 0.4) is 0 Å². The van der Waals surface area contributed by atoms with E-state index < -0.39 is 0 Å². The Bertz CT molecular complexity index is 491. The van der Waals surface area contributed by atoms with E-state index in [4.69, 9.17) is 9.52 Å². The van der Waals surface area contributed by atoms with E-state index >= 15 is 0 Å². The summed E-state index contributed by atoms with van der Waals surface area (Å²) in [5.41, 5.74) is 1.06. The molecule has 1 N–H and O–H groups in total. The number of hydrogen-bond acceptors (Lipinski definition) is 5. The summed E-state index contributed by atoms with van der Waals surface area (Å²) >= 11 is 1.61. The standard InChI is InChI=1S/C13H16N2O2S/c16-6-5-15(11-3-4-11)8-10-9-18-13(14-10)12-2-1-7-17-12/h1-2,7,9,11,16H,3-6,8H2. The zero-order valence-electron chi connectivity index (χ0n) is 10.1. The van der Waals surface area contributed by atoms with Crippen LogP contribution in [0, 0.1) is 0 Å². The maximum absolute atomic E-state index is 9.07. The van der Waals surface area contributed by atoms with Crippen LogP contribution >= 0.6 is 11.3 Å². The molecule has 0 unspecified atom stereocenters. The maximum atomic E-state index is 9.07. The van der Waals surface area contributed by atoms with E-state index in [1.165, 1.54) is 12.8 Å². The summed E-state index contributed by atoms with van der Waals surface area (Å²) in [6.45, 7) is 1.77. The molecule has 18 heavy (non-hydrogen) atoms. The van der Waals surface area contributed by atoms with Gasteiger partial charge in [0, 0.05) is 24.5 Å². The summed E-state index contributed by atoms with van der Waals surface area (Å²) in [5.74, 6) is 0.825. The lowest BCUT2D eigenvalue weighted by molar-refractivity contribution is 0.182. The van der Waals surface area contributed by atoms with E-state index in [9.17, 15) is 0 Å². The Morgan fingerprint density at radius 1 is 1.50 bits per heavy atom. The van der Waals surface area contributed by atoms with Crippen molar-refractivity contribution >= 4 is 11.3 Å². The highest BCUT2D eigenvalue weighted by atomic mass is 32.1. The normalized spacial score (nSPS) is 15.4. The van der Waals surface area contributed by atoms with Gasteiger partial charge in [-0.05, 0) is 25.0 Å². The van der Waals surface area contributed by atoms with Gasteiger partial charge in [-0.15, -0.1) is 11.3 Å². The Balaban J connectivity index is 1.69. The number of thiazole rings is 1. The summed E-state index contributed by atoms with van der Waals surface area (Å²) in [6, 6.07) is 4.44. The van der Waals surface area contributed by atoms with Gasteiger partial charge >= 0.3 is 0 Å². The summed E-state index contributed by atoms with van der Waals surface area (Å²) in [4.78, 5) is 6.89. The van der Waals surface area contributed by atoms with Gasteiger partial charge in [0.2, 0.25) is 0 Å². The molecule has 0 bridgehead atoms. The van der Waals surface area contributed by atoms with Crippen molar-refractivity contribution in [3.8, 4) is 10.8 Å². The van der Waals surface area contributed by atoms with Crippen molar-refractivity contribution in [3.05, 3.63) is 29.5 Å². The van der Waals surface area contributed by atoms with Crippen molar-refractivity contribution < 1.29 is 9.52 Å². The van der Waals surface area contributed by atoms with Crippen molar-refractivity contribution in [1.29, 1.82) is 0 Å². The topological polar surface area (TPSA) is 49.5 Å². The first-order valence-corrected chi connectivity index (χ1v) is 7.08. The molecule has 1 aliphatic rings. The highest BCUT2D eigenvalue weighted by Crippen LogP contribution is 2.29. The van der Waals surface area contributed by atoms with Crippen molar-refractivity contribution in [2.24, 2.45) is 0 Å². The van der Waals surface area contributed by atoms with Gasteiger partial charge in [-0.3, -0.25) is 4.90 Å². The highest BCUT2D eigenvalue weighted by Gasteiger charge is 2.28. The van der Waals surface area contributed by atoms with Crippen LogP contribution in [0.25, 0.3) is 10.8 Å². The molecule has 0 saturated heterocycles. The summed E-state index contributed by atoms with van der Waals surface area (Å²) < 4.78 is 5.34. The van der Waals surface area contributed by atoms with Crippen molar-refractivity contribution in [1.82, 2.24) is 9.88 Å². The molecular weight excluding hydrogens is 248 g/mol. The minimum Gasteiger partial charge on any atom is -0.462 e. The van der Waals surface area contributed by atoms with Crippen molar-refractivity contribution in [2.75, 3.05) is 13.2 Å². The maximum Gasteiger partial charge on any atom is 0.162 e. The van der Waals surface area contributed by atoms with E-state index in [2.05, 4.69) is 15.3 Å². The Morgan fingerprint density at radius 2 is 2.39 bits per heavy atom. The number of aliphatic hydroxyl groups excluding tert-OH is 1. The molecule has 0 atom stereocenters. The number of furan rings is 1. The van der Waals surface area contributed by atoms with Crippen LogP contribution in [0.1, 0.15) is 18.5 Å². The average Bonchev–Trinajstić information content (AvgIpc) is 2.90. The lowest BCUT2D eigenvalue weighted by atomic mass is 10.4. The quantitative estimate of drug-likeness (QED) is 0.870. The molecule has 1 fully saturated rings. The molecule has 3 rings (SSSR count). The van der Waals surface area contributed by atoms with Crippen LogP contribution in [0.5, 0.6) is 0 Å². The van der Waals surface area contributed by atoms with Crippen LogP contribution in [-0.4, -0.2) is 34.2 Å². The number of aromatic nitrogens is 1. The molecule has 5 heteroatoms. The van der Waals surface area contributed by atoms with Crippen LogP contribution in [0.4, 0.5) is 0 Å². The fourth-order valence-corrected chi connectivity index (χ4v) is 2.84. The predicted octanol–water partition coefficient (Wildman–Crippen LogP) is 2.36. The molecule has 2 heterocycles. The first-order valence-electron chi connectivity index (χ1n) is 6.20. The summed E-state index contributed by atoms with van der Waals surface area (Å²) in [7, 11) is 0. The van der Waals surface area contributed by atoms with E-state index in [0.29, 0.717) is 6.04 Å². The largest absolute Gasteiger partial charge is 0.462 e. The monoisotopic (exact) mass is 264 g/mol. The first-order chi connectivity index (χ1) is 8.86. The lowest BCUT2D eigenvalue weighted by Crippen LogP contribution is -2.28. The van der Waals surface area contributed by atoms with E-state index in [0.717, 1.165) is 29.6 Å². The molecule has 0 aromatic carbocycles. The van der Waals surface area contributed by atoms with Crippen molar-refractivity contribution in [3.63, 3.8) is 0 Å². The van der Waals surface area contributed by atoms with Crippen LogP contribution in [0.15, 0.2) is 28.2 Å². The van der Waals surface area contributed by atoms with Gasteiger partial charge in [-0.2, -0.15) is 0 Å². The molecular formula is C13H16N2O2S. The Labute approximate surface area is 110 Å². The van der Waals surface area contributed by atoms with E-state index in [1.807, 2.05) is 12.1 Å². The minimum atomic E-state index is 0.214. The first kappa shape index (κ1) is 11.9. The van der Waals surface area contributed by atoms with Crippen LogP contribution < -0.4 is 0 Å². The van der Waals surface area contributed by atoms with E-state index in [-0.39, 0.29) is 6.61 Å². The van der Waals surface area contributed by atoms with Gasteiger partial charge in [0.05, 0.1) is 18.6 Å². The number of aliphatic hydroxyl groups is 1. The fourth-order valence-electron chi connectivity index (χ4n) is 2.06. The molecule has 1 aliphatic carbocycles. The third-order valence-electron chi connectivity index (χ3n) is 3.10. The predicted molar refractivity (Wildman–Crippen MR) is 70.3 cm³/mol. The van der Waals surface area contributed by atoms with Gasteiger partial charge in [0.25, 0.3) is 0 Å². The zero-order chi connectivity index (χ0) is 12.4. The highest BCUT2D eigenvalue weighted by molar-refractivity contribution is 7.13. The second-order valence-corrected chi connectivity index (χ2v) is 5.40. The molecule has 0 radical (unpaired) electrons. The molecule has 0 spiro atoms. The minimum absolute atomic E-state index is 0.214. The third-order valence-corrected chi connectivity index (χ3v) is 4.00. The molecule has 0 aliphatic heterocycles. The zero-order valence-corrected chi connectivity index (χ0v) is 10.9. The van der Waals surface area contributed by atoms with Gasteiger partial charge in [-0.1, -0.05) is 0 Å². The molecule has 4 nitrogen and oxygen atoms in total. The van der Waals surface area contributed by atoms with Gasteiger partial charge in [0.1, 0.15) is 0 Å². The second-order valence-electron chi connectivity index (χ2n) is 4.55. The number of rotatable bonds is 6. The third kappa shape index (κ3) is 2.63. The Kier molecular flexibility index (Phi) is 3.45. The molecule has 1 saturated carbocycles. The Morgan fingerprint density at radius 3 is 3.06 bits per heavy atom. The van der Waals surface area contributed by atoms with E-state index in [1.54, 1.807) is 17.6 Å². The second kappa shape index (κ2) is 5.22. The summed E-state index contributed by atoms with van der Waals surface area (Å²) in [5, 5.41) is 12.1. The molecule has 2 aromatic rings. The smallest absolute Gasteiger partial charge is 0.162 e. The van der Waals surface area contributed by atoms with Crippen LogP contribution in [-0.2, 0) is 6.54 Å². The molecule has 0 amide bonds. The summed E-state index contributed by atoms with van der Waals surface area (Å²) in [6.07, 6.45) is 4.16. The number of nitrogens with zero attached hydrogens (tertiary/aromatic N) is 2. The Hall–Kier alpha value is -1.17. The van der Waals surface area contributed by atoms with Gasteiger partial charge in [0.15, 0.2) is 10.8 Å². The molecule has 96 valence electrons.